The van der Waals surface area contributed by atoms with E-state index in [1.807, 2.05) is 0 Å². The lowest BCUT2D eigenvalue weighted by Crippen LogP contribution is -2.18. The van der Waals surface area contributed by atoms with Gasteiger partial charge in [-0.1, -0.05) is 78.1 Å². The lowest BCUT2D eigenvalue weighted by molar-refractivity contribution is -0.149. The van der Waals surface area contributed by atoms with Crippen molar-refractivity contribution in [2.75, 3.05) is 5.88 Å². The van der Waals surface area contributed by atoms with Crippen molar-refractivity contribution in [1.82, 2.24) is 0 Å². The standard InChI is InChI=1S/C19H37ClO2/c1-3-5-6-7-8-9-10-11-12-13-15-18(14-4-2)22-19(21)16-17-20/h18H,3-17H2,1-2H3. The minimum atomic E-state index is -0.138. The van der Waals surface area contributed by atoms with Gasteiger partial charge in [0.05, 0.1) is 6.42 Å². The number of carbonyl (C=O) groups is 1. The van der Waals surface area contributed by atoms with Crippen molar-refractivity contribution in [3.8, 4) is 0 Å². The van der Waals surface area contributed by atoms with E-state index in [1.165, 1.54) is 64.2 Å². The predicted molar refractivity (Wildman–Crippen MR) is 96.6 cm³/mol. The van der Waals surface area contributed by atoms with E-state index in [9.17, 15) is 4.79 Å². The summed E-state index contributed by atoms with van der Waals surface area (Å²) in [5, 5.41) is 0. The van der Waals surface area contributed by atoms with Crippen LogP contribution in [0, 0.1) is 0 Å². The Balaban J connectivity index is 3.49. The number of ether oxygens (including phenoxy) is 1. The van der Waals surface area contributed by atoms with Crippen molar-refractivity contribution >= 4 is 17.6 Å². The molecule has 2 nitrogen and oxygen atoms in total. The Bertz CT molecular complexity index is 244. The topological polar surface area (TPSA) is 26.3 Å². The third-order valence-electron chi connectivity index (χ3n) is 4.09. The first-order valence-corrected chi connectivity index (χ1v) is 10.0. The van der Waals surface area contributed by atoms with Gasteiger partial charge in [0.15, 0.2) is 0 Å². The maximum Gasteiger partial charge on any atom is 0.307 e. The highest BCUT2D eigenvalue weighted by Gasteiger charge is 2.12. The van der Waals surface area contributed by atoms with Crippen LogP contribution in [0.3, 0.4) is 0 Å². The molecule has 0 rings (SSSR count). The van der Waals surface area contributed by atoms with E-state index < -0.39 is 0 Å². The lowest BCUT2D eigenvalue weighted by atomic mass is 10.0. The second kappa shape index (κ2) is 17.1. The van der Waals surface area contributed by atoms with Crippen LogP contribution in [-0.2, 0) is 9.53 Å². The van der Waals surface area contributed by atoms with E-state index in [0.717, 1.165) is 19.3 Å². The van der Waals surface area contributed by atoms with Crippen molar-refractivity contribution in [3.05, 3.63) is 0 Å². The summed E-state index contributed by atoms with van der Waals surface area (Å²) in [5.74, 6) is 0.219. The van der Waals surface area contributed by atoms with Gasteiger partial charge in [0.25, 0.3) is 0 Å². The SMILES string of the molecule is CCCCCCCCCCCCC(CCC)OC(=O)CCCl. The molecule has 0 bridgehead atoms. The lowest BCUT2D eigenvalue weighted by Gasteiger charge is -2.17. The van der Waals surface area contributed by atoms with Gasteiger partial charge >= 0.3 is 5.97 Å². The van der Waals surface area contributed by atoms with Crippen LogP contribution in [0.2, 0.25) is 0 Å². The molecule has 0 heterocycles. The number of hydrogen-bond acceptors (Lipinski definition) is 2. The Morgan fingerprint density at radius 2 is 1.36 bits per heavy atom. The van der Waals surface area contributed by atoms with Crippen molar-refractivity contribution in [3.63, 3.8) is 0 Å². The summed E-state index contributed by atoms with van der Waals surface area (Å²) in [6, 6.07) is 0. The van der Waals surface area contributed by atoms with Gasteiger partial charge in [0, 0.05) is 5.88 Å². The monoisotopic (exact) mass is 332 g/mol. The molecule has 0 spiro atoms. The van der Waals surface area contributed by atoms with Gasteiger partial charge in [-0.25, -0.2) is 0 Å². The molecule has 0 aliphatic carbocycles. The maximum atomic E-state index is 11.5. The smallest absolute Gasteiger partial charge is 0.307 e. The van der Waals surface area contributed by atoms with Gasteiger partial charge in [-0.2, -0.15) is 0 Å². The van der Waals surface area contributed by atoms with Crippen molar-refractivity contribution in [1.29, 1.82) is 0 Å². The molecule has 22 heavy (non-hydrogen) atoms. The average molecular weight is 333 g/mol. The molecule has 0 amide bonds. The first-order valence-electron chi connectivity index (χ1n) is 9.50. The van der Waals surface area contributed by atoms with Gasteiger partial charge in [-0.15, -0.1) is 11.6 Å². The summed E-state index contributed by atoms with van der Waals surface area (Å²) in [6.45, 7) is 4.40. The van der Waals surface area contributed by atoms with E-state index >= 15 is 0 Å². The average Bonchev–Trinajstić information content (AvgIpc) is 2.49. The van der Waals surface area contributed by atoms with Crippen LogP contribution >= 0.6 is 11.6 Å². The van der Waals surface area contributed by atoms with Gasteiger partial charge in [0.1, 0.15) is 6.10 Å². The van der Waals surface area contributed by atoms with Crippen LogP contribution in [-0.4, -0.2) is 18.0 Å². The molecule has 0 radical (unpaired) electrons. The minimum Gasteiger partial charge on any atom is -0.462 e. The van der Waals surface area contributed by atoms with E-state index in [4.69, 9.17) is 16.3 Å². The molecule has 1 unspecified atom stereocenters. The van der Waals surface area contributed by atoms with E-state index in [-0.39, 0.29) is 12.1 Å². The summed E-state index contributed by atoms with van der Waals surface area (Å²) >= 11 is 5.57. The molecule has 132 valence electrons. The minimum absolute atomic E-state index is 0.106. The fourth-order valence-electron chi connectivity index (χ4n) is 2.77. The summed E-state index contributed by atoms with van der Waals surface area (Å²) < 4.78 is 5.49. The zero-order valence-electron chi connectivity index (χ0n) is 14.9. The second-order valence-corrected chi connectivity index (χ2v) is 6.69. The summed E-state index contributed by atoms with van der Waals surface area (Å²) in [4.78, 5) is 11.5. The predicted octanol–water partition coefficient (Wildman–Crippen LogP) is 6.64. The third-order valence-corrected chi connectivity index (χ3v) is 4.28. The van der Waals surface area contributed by atoms with Crippen LogP contribution < -0.4 is 0 Å². The van der Waals surface area contributed by atoms with Gasteiger partial charge in [-0.05, 0) is 19.3 Å². The van der Waals surface area contributed by atoms with E-state index in [2.05, 4.69) is 13.8 Å². The number of alkyl halides is 1. The summed E-state index contributed by atoms with van der Waals surface area (Å²) in [6.07, 6.45) is 16.9. The fourth-order valence-corrected chi connectivity index (χ4v) is 2.92. The molecule has 0 aliphatic rings. The summed E-state index contributed by atoms with van der Waals surface area (Å²) in [7, 11) is 0. The van der Waals surface area contributed by atoms with Crippen LogP contribution in [0.5, 0.6) is 0 Å². The molecule has 1 atom stereocenters. The van der Waals surface area contributed by atoms with Crippen LogP contribution in [0.4, 0.5) is 0 Å². The fraction of sp³-hybridized carbons (Fsp3) is 0.947. The third kappa shape index (κ3) is 14.7. The normalized spacial score (nSPS) is 12.3. The van der Waals surface area contributed by atoms with Crippen molar-refractivity contribution < 1.29 is 9.53 Å². The quantitative estimate of drug-likeness (QED) is 0.180. The molecule has 3 heteroatoms. The molecule has 0 aromatic carbocycles. The highest BCUT2D eigenvalue weighted by molar-refractivity contribution is 6.18. The first-order chi connectivity index (χ1) is 10.7. The number of carbonyl (C=O) groups excluding carboxylic acids is 1. The largest absolute Gasteiger partial charge is 0.462 e. The van der Waals surface area contributed by atoms with Gasteiger partial charge in [0.2, 0.25) is 0 Å². The first kappa shape index (κ1) is 21.8. The Morgan fingerprint density at radius 3 is 1.86 bits per heavy atom. The van der Waals surface area contributed by atoms with Crippen LogP contribution in [0.15, 0.2) is 0 Å². The molecule has 0 aliphatic heterocycles. The highest BCUT2D eigenvalue weighted by atomic mass is 35.5. The van der Waals surface area contributed by atoms with E-state index in [1.54, 1.807) is 0 Å². The molecule has 0 fully saturated rings. The zero-order chi connectivity index (χ0) is 16.5. The highest BCUT2D eigenvalue weighted by Crippen LogP contribution is 2.15. The number of rotatable bonds is 16. The molecule has 0 saturated heterocycles. The molecule has 0 aromatic heterocycles. The van der Waals surface area contributed by atoms with E-state index in [0.29, 0.717) is 12.3 Å². The van der Waals surface area contributed by atoms with Crippen molar-refractivity contribution in [2.45, 2.75) is 110 Å². The Labute approximate surface area is 143 Å². The molecule has 0 N–H and O–H groups in total. The number of unbranched alkanes of at least 4 members (excludes halogenated alkanes) is 9. The number of hydrogen-bond donors (Lipinski definition) is 0. The van der Waals surface area contributed by atoms with Crippen LogP contribution in [0.25, 0.3) is 0 Å². The Morgan fingerprint density at radius 1 is 0.818 bits per heavy atom. The second-order valence-electron chi connectivity index (χ2n) is 6.31. The molecular formula is C19H37ClO2. The summed E-state index contributed by atoms with van der Waals surface area (Å²) in [5.41, 5.74) is 0. The number of esters is 1. The van der Waals surface area contributed by atoms with Gasteiger partial charge in [-0.3, -0.25) is 4.79 Å². The Kier molecular flexibility index (Phi) is 16.9. The van der Waals surface area contributed by atoms with Crippen LogP contribution in [0.1, 0.15) is 104 Å². The van der Waals surface area contributed by atoms with Crippen molar-refractivity contribution in [2.24, 2.45) is 0 Å². The number of halogens is 1. The zero-order valence-corrected chi connectivity index (χ0v) is 15.6. The Hall–Kier alpha value is -0.240. The molecule has 0 aromatic rings. The molecular weight excluding hydrogens is 296 g/mol. The molecule has 0 saturated carbocycles. The van der Waals surface area contributed by atoms with Gasteiger partial charge < -0.3 is 4.74 Å². The maximum absolute atomic E-state index is 11.5.